The van der Waals surface area contributed by atoms with Crippen LogP contribution in [0.4, 0.5) is 5.69 Å². The number of piperidine rings is 1. The first-order valence-corrected chi connectivity index (χ1v) is 7.67. The van der Waals surface area contributed by atoms with E-state index in [0.29, 0.717) is 5.91 Å². The number of benzene rings is 1. The largest absolute Gasteiger partial charge is 0.368 e. The SMILES string of the molecule is Cl.Cl.O=C(C1CCCCN1)N1CCN(c2ccccc2)CC1. The highest BCUT2D eigenvalue weighted by Gasteiger charge is 2.28. The zero-order chi connectivity index (χ0) is 13.8. The molecule has 0 saturated carbocycles. The number of nitrogens with one attached hydrogen (secondary N) is 1. The van der Waals surface area contributed by atoms with E-state index in [0.717, 1.165) is 39.1 Å². The highest BCUT2D eigenvalue weighted by atomic mass is 35.5. The number of halogens is 2. The molecule has 0 aliphatic carbocycles. The molecule has 1 unspecified atom stereocenters. The van der Waals surface area contributed by atoms with Crippen LogP contribution in [0.3, 0.4) is 0 Å². The van der Waals surface area contributed by atoms with E-state index in [2.05, 4.69) is 34.5 Å². The van der Waals surface area contributed by atoms with Gasteiger partial charge in [-0.15, -0.1) is 24.8 Å². The van der Waals surface area contributed by atoms with Gasteiger partial charge in [0.1, 0.15) is 0 Å². The zero-order valence-corrected chi connectivity index (χ0v) is 14.4. The van der Waals surface area contributed by atoms with Gasteiger partial charge < -0.3 is 15.1 Å². The normalized spacial score (nSPS) is 21.5. The van der Waals surface area contributed by atoms with Crippen LogP contribution in [0.5, 0.6) is 0 Å². The third-order valence-corrected chi connectivity index (χ3v) is 4.32. The average Bonchev–Trinajstić information content (AvgIpc) is 2.56. The summed E-state index contributed by atoms with van der Waals surface area (Å²) in [7, 11) is 0. The summed E-state index contributed by atoms with van der Waals surface area (Å²) in [4.78, 5) is 16.8. The van der Waals surface area contributed by atoms with Crippen molar-refractivity contribution in [3.63, 3.8) is 0 Å². The lowest BCUT2D eigenvalue weighted by molar-refractivity contribution is -0.134. The van der Waals surface area contributed by atoms with E-state index >= 15 is 0 Å². The number of carbonyl (C=O) groups excluding carboxylic acids is 1. The summed E-state index contributed by atoms with van der Waals surface area (Å²) in [6.45, 7) is 4.53. The summed E-state index contributed by atoms with van der Waals surface area (Å²) in [5, 5.41) is 3.35. The third-order valence-electron chi connectivity index (χ3n) is 4.32. The van der Waals surface area contributed by atoms with Gasteiger partial charge in [0.15, 0.2) is 0 Å². The Kier molecular flexibility index (Phi) is 8.01. The Hall–Kier alpha value is -0.970. The van der Waals surface area contributed by atoms with E-state index in [9.17, 15) is 4.79 Å². The van der Waals surface area contributed by atoms with Crippen LogP contribution in [-0.2, 0) is 4.79 Å². The summed E-state index contributed by atoms with van der Waals surface area (Å²) in [5.41, 5.74) is 1.26. The fourth-order valence-electron chi connectivity index (χ4n) is 3.11. The molecule has 2 heterocycles. The smallest absolute Gasteiger partial charge is 0.239 e. The maximum Gasteiger partial charge on any atom is 0.239 e. The Morgan fingerprint density at radius 1 is 1.00 bits per heavy atom. The predicted octanol–water partition coefficient (Wildman–Crippen LogP) is 2.32. The van der Waals surface area contributed by atoms with E-state index in [1.807, 2.05) is 11.0 Å². The topological polar surface area (TPSA) is 35.6 Å². The Morgan fingerprint density at radius 2 is 1.68 bits per heavy atom. The van der Waals surface area contributed by atoms with Gasteiger partial charge in [0.2, 0.25) is 5.91 Å². The molecule has 3 rings (SSSR count). The van der Waals surface area contributed by atoms with Crippen LogP contribution < -0.4 is 10.2 Å². The van der Waals surface area contributed by atoms with Gasteiger partial charge in [-0.2, -0.15) is 0 Å². The molecule has 6 heteroatoms. The first-order valence-electron chi connectivity index (χ1n) is 7.67. The van der Waals surface area contributed by atoms with Crippen LogP contribution in [0.1, 0.15) is 19.3 Å². The molecule has 1 amide bonds. The summed E-state index contributed by atoms with van der Waals surface area (Å²) in [6.07, 6.45) is 3.37. The fourth-order valence-corrected chi connectivity index (χ4v) is 3.11. The fraction of sp³-hybridized carbons (Fsp3) is 0.562. The number of hydrogen-bond donors (Lipinski definition) is 1. The quantitative estimate of drug-likeness (QED) is 0.893. The summed E-state index contributed by atoms with van der Waals surface area (Å²) in [6, 6.07) is 10.5. The van der Waals surface area contributed by atoms with Crippen molar-refractivity contribution in [2.24, 2.45) is 0 Å². The number of amides is 1. The summed E-state index contributed by atoms with van der Waals surface area (Å²) < 4.78 is 0. The van der Waals surface area contributed by atoms with Gasteiger partial charge in [0.25, 0.3) is 0 Å². The molecule has 4 nitrogen and oxygen atoms in total. The molecular formula is C16H25Cl2N3O. The summed E-state index contributed by atoms with van der Waals surface area (Å²) in [5.74, 6) is 0.303. The Morgan fingerprint density at radius 3 is 2.27 bits per heavy atom. The van der Waals surface area contributed by atoms with Crippen molar-refractivity contribution in [1.29, 1.82) is 0 Å². The predicted molar refractivity (Wildman–Crippen MR) is 95.4 cm³/mol. The number of piperazine rings is 1. The Bertz CT molecular complexity index is 444. The van der Waals surface area contributed by atoms with E-state index < -0.39 is 0 Å². The zero-order valence-electron chi connectivity index (χ0n) is 12.7. The molecule has 1 aromatic carbocycles. The molecule has 0 aromatic heterocycles. The molecule has 1 atom stereocenters. The number of nitrogens with zero attached hydrogens (tertiary/aromatic N) is 2. The van der Waals surface area contributed by atoms with Crippen molar-refractivity contribution in [3.8, 4) is 0 Å². The first kappa shape index (κ1) is 19.1. The second-order valence-corrected chi connectivity index (χ2v) is 5.65. The molecule has 0 radical (unpaired) electrons. The van der Waals surface area contributed by atoms with Gasteiger partial charge in [-0.05, 0) is 31.5 Å². The average molecular weight is 346 g/mol. The maximum atomic E-state index is 12.4. The number of rotatable bonds is 2. The molecule has 124 valence electrons. The van der Waals surface area contributed by atoms with Crippen molar-refractivity contribution in [1.82, 2.24) is 10.2 Å². The van der Waals surface area contributed by atoms with Crippen molar-refractivity contribution in [2.75, 3.05) is 37.6 Å². The van der Waals surface area contributed by atoms with Crippen molar-refractivity contribution < 1.29 is 4.79 Å². The number of para-hydroxylation sites is 1. The van der Waals surface area contributed by atoms with E-state index in [-0.39, 0.29) is 30.9 Å². The standard InChI is InChI=1S/C16H23N3O.2ClH/c20-16(15-8-4-5-9-17-15)19-12-10-18(11-13-19)14-6-2-1-3-7-14;;/h1-3,6-7,15,17H,4-5,8-13H2;2*1H. The van der Waals surface area contributed by atoms with Gasteiger partial charge in [0.05, 0.1) is 6.04 Å². The highest BCUT2D eigenvalue weighted by Crippen LogP contribution is 2.17. The molecule has 2 aliphatic rings. The molecule has 0 spiro atoms. The van der Waals surface area contributed by atoms with Gasteiger partial charge >= 0.3 is 0 Å². The lowest BCUT2D eigenvalue weighted by Crippen LogP contribution is -2.55. The second-order valence-electron chi connectivity index (χ2n) is 5.65. The van der Waals surface area contributed by atoms with Gasteiger partial charge in [-0.1, -0.05) is 24.6 Å². The first-order chi connectivity index (χ1) is 9.84. The molecule has 2 aliphatic heterocycles. The minimum absolute atomic E-state index is 0. The van der Waals surface area contributed by atoms with Crippen LogP contribution in [0, 0.1) is 0 Å². The van der Waals surface area contributed by atoms with Crippen LogP contribution in [0.25, 0.3) is 0 Å². The molecule has 1 aromatic rings. The molecule has 2 fully saturated rings. The highest BCUT2D eigenvalue weighted by molar-refractivity contribution is 5.85. The van der Waals surface area contributed by atoms with Crippen LogP contribution in [0.15, 0.2) is 30.3 Å². The Labute approximate surface area is 145 Å². The van der Waals surface area contributed by atoms with Crippen molar-refractivity contribution >= 4 is 36.4 Å². The monoisotopic (exact) mass is 345 g/mol. The van der Waals surface area contributed by atoms with E-state index in [1.165, 1.54) is 18.5 Å². The lowest BCUT2D eigenvalue weighted by atomic mass is 10.0. The Balaban J connectivity index is 0.00000121. The number of hydrogen-bond acceptors (Lipinski definition) is 3. The third kappa shape index (κ3) is 4.51. The van der Waals surface area contributed by atoms with E-state index in [1.54, 1.807) is 0 Å². The van der Waals surface area contributed by atoms with Gasteiger partial charge in [0, 0.05) is 31.9 Å². The van der Waals surface area contributed by atoms with Crippen molar-refractivity contribution in [2.45, 2.75) is 25.3 Å². The molecule has 1 N–H and O–H groups in total. The van der Waals surface area contributed by atoms with Crippen LogP contribution in [0.2, 0.25) is 0 Å². The molecule has 22 heavy (non-hydrogen) atoms. The molecule has 0 bridgehead atoms. The van der Waals surface area contributed by atoms with Crippen LogP contribution >= 0.6 is 24.8 Å². The molecule has 2 saturated heterocycles. The minimum atomic E-state index is 0. The second kappa shape index (κ2) is 9.23. The lowest BCUT2D eigenvalue weighted by Gasteiger charge is -2.38. The maximum absolute atomic E-state index is 12.4. The number of carbonyl (C=O) groups is 1. The molecular weight excluding hydrogens is 321 g/mol. The summed E-state index contributed by atoms with van der Waals surface area (Å²) >= 11 is 0. The van der Waals surface area contributed by atoms with Crippen LogP contribution in [-0.4, -0.2) is 49.6 Å². The number of anilines is 1. The minimum Gasteiger partial charge on any atom is -0.368 e. The van der Waals surface area contributed by atoms with Gasteiger partial charge in [-0.25, -0.2) is 0 Å². The van der Waals surface area contributed by atoms with Crippen molar-refractivity contribution in [3.05, 3.63) is 30.3 Å². The van der Waals surface area contributed by atoms with E-state index in [4.69, 9.17) is 0 Å². The van der Waals surface area contributed by atoms with Gasteiger partial charge in [-0.3, -0.25) is 4.79 Å².